The first-order valence-corrected chi connectivity index (χ1v) is 10.8. The van der Waals surface area contributed by atoms with E-state index in [1.807, 2.05) is 24.3 Å². The second-order valence-corrected chi connectivity index (χ2v) is 7.33. The minimum atomic E-state index is -0.00350. The Bertz CT molecular complexity index is 600. The number of likely N-dealkylation sites (tertiary alicyclic amines) is 1. The lowest BCUT2D eigenvalue weighted by molar-refractivity contribution is 0.0953. The highest BCUT2D eigenvalue weighted by atomic mass is 127. The summed E-state index contributed by atoms with van der Waals surface area (Å²) in [4.78, 5) is 19.3. The van der Waals surface area contributed by atoms with E-state index < -0.39 is 0 Å². The maximum Gasteiger partial charge on any atom is 0.251 e. The molecule has 0 atom stereocenters. The molecule has 0 saturated carbocycles. The normalized spacial score (nSPS) is 14.8. The predicted octanol–water partition coefficient (Wildman–Crippen LogP) is 3.38. The Hall–Kier alpha value is -1.35. The maximum atomic E-state index is 12.1. The zero-order chi connectivity index (χ0) is 20.0. The lowest BCUT2D eigenvalue weighted by Gasteiger charge is -2.26. The Kier molecular flexibility index (Phi) is 13.7. The average Bonchev–Trinajstić information content (AvgIpc) is 2.73. The van der Waals surface area contributed by atoms with Gasteiger partial charge in [-0.2, -0.15) is 0 Å². The molecule has 2 rings (SSSR count). The Morgan fingerprint density at radius 1 is 1.00 bits per heavy atom. The topological polar surface area (TPSA) is 68.8 Å². The van der Waals surface area contributed by atoms with Crippen LogP contribution in [0.25, 0.3) is 0 Å². The number of rotatable bonds is 10. The molecule has 1 aliphatic heterocycles. The van der Waals surface area contributed by atoms with Crippen molar-refractivity contribution in [2.24, 2.45) is 4.99 Å². The lowest BCUT2D eigenvalue weighted by Crippen LogP contribution is -2.42. The first kappa shape index (κ1) is 25.7. The fourth-order valence-corrected chi connectivity index (χ4v) is 3.27. The Balaban J connectivity index is 0.00000420. The Morgan fingerprint density at radius 2 is 1.72 bits per heavy atom. The Morgan fingerprint density at radius 3 is 2.38 bits per heavy atom. The van der Waals surface area contributed by atoms with Crippen LogP contribution >= 0.6 is 24.0 Å². The highest BCUT2D eigenvalue weighted by Crippen LogP contribution is 2.08. The van der Waals surface area contributed by atoms with E-state index in [-0.39, 0.29) is 29.9 Å². The van der Waals surface area contributed by atoms with E-state index in [9.17, 15) is 4.79 Å². The van der Waals surface area contributed by atoms with Crippen molar-refractivity contribution < 1.29 is 4.79 Å². The molecule has 0 spiro atoms. The third kappa shape index (κ3) is 10.3. The van der Waals surface area contributed by atoms with Gasteiger partial charge in [-0.25, -0.2) is 4.99 Å². The van der Waals surface area contributed by atoms with Crippen molar-refractivity contribution in [2.45, 2.75) is 52.5 Å². The van der Waals surface area contributed by atoms with Crippen LogP contribution in [0.3, 0.4) is 0 Å². The number of nitrogens with one attached hydrogen (secondary N) is 3. The van der Waals surface area contributed by atoms with E-state index >= 15 is 0 Å². The van der Waals surface area contributed by atoms with Crippen LogP contribution in [0.1, 0.15) is 61.9 Å². The summed E-state index contributed by atoms with van der Waals surface area (Å²) < 4.78 is 0. The summed E-state index contributed by atoms with van der Waals surface area (Å²) in [5.74, 6) is 0.845. The van der Waals surface area contributed by atoms with E-state index in [0.717, 1.165) is 50.5 Å². The van der Waals surface area contributed by atoms with Gasteiger partial charge < -0.3 is 20.9 Å². The molecule has 1 amide bonds. The first-order valence-electron chi connectivity index (χ1n) is 10.8. The summed E-state index contributed by atoms with van der Waals surface area (Å²) in [5, 5.41) is 9.68. The van der Waals surface area contributed by atoms with Gasteiger partial charge in [-0.15, -0.1) is 24.0 Å². The van der Waals surface area contributed by atoms with Gasteiger partial charge in [0.15, 0.2) is 5.96 Å². The van der Waals surface area contributed by atoms with Crippen LogP contribution in [0.2, 0.25) is 0 Å². The quantitative estimate of drug-likeness (QED) is 0.194. The molecule has 1 aromatic carbocycles. The van der Waals surface area contributed by atoms with E-state index in [1.54, 1.807) is 0 Å². The number of piperidine rings is 1. The number of hydrogen-bond acceptors (Lipinski definition) is 3. The molecule has 1 heterocycles. The molecule has 1 aromatic rings. The van der Waals surface area contributed by atoms with Gasteiger partial charge >= 0.3 is 0 Å². The van der Waals surface area contributed by atoms with Crippen molar-refractivity contribution in [3.05, 3.63) is 35.4 Å². The largest absolute Gasteiger partial charge is 0.357 e. The van der Waals surface area contributed by atoms with E-state index in [0.29, 0.717) is 12.1 Å². The summed E-state index contributed by atoms with van der Waals surface area (Å²) in [6, 6.07) is 7.72. The molecule has 0 bridgehead atoms. The fraction of sp³-hybridized carbons (Fsp3) is 0.636. The van der Waals surface area contributed by atoms with Crippen LogP contribution in [0.5, 0.6) is 0 Å². The van der Waals surface area contributed by atoms with E-state index in [4.69, 9.17) is 0 Å². The molecule has 7 heteroatoms. The van der Waals surface area contributed by atoms with Gasteiger partial charge in [-0.1, -0.05) is 31.9 Å². The van der Waals surface area contributed by atoms with Crippen molar-refractivity contribution in [2.75, 3.05) is 39.3 Å². The molecular weight excluding hydrogens is 477 g/mol. The number of nitrogens with zero attached hydrogens (tertiary/aromatic N) is 2. The molecule has 0 radical (unpaired) electrons. The number of amides is 1. The number of aliphatic imine (C=N–C) groups is 1. The van der Waals surface area contributed by atoms with Gasteiger partial charge in [-0.05, 0) is 57.0 Å². The second-order valence-electron chi connectivity index (χ2n) is 7.33. The summed E-state index contributed by atoms with van der Waals surface area (Å²) in [6.07, 6.45) is 6.10. The molecule has 3 N–H and O–H groups in total. The van der Waals surface area contributed by atoms with Crippen LogP contribution in [0.4, 0.5) is 0 Å². The maximum absolute atomic E-state index is 12.1. The van der Waals surface area contributed by atoms with Crippen molar-refractivity contribution >= 4 is 35.8 Å². The number of unbranched alkanes of at least 4 members (excludes halogenated alkanes) is 1. The van der Waals surface area contributed by atoms with Crippen molar-refractivity contribution in [1.82, 2.24) is 20.9 Å². The number of benzene rings is 1. The van der Waals surface area contributed by atoms with Crippen molar-refractivity contribution in [3.8, 4) is 0 Å². The standard InChI is InChI=1S/C22H37N5O.HI/c1-3-5-13-24-21(28)20-11-9-19(10-12-20)18-26-22(23-4-2)25-14-17-27-15-7-6-8-16-27;/h9-12H,3-8,13-18H2,1-2H3,(H,24,28)(H2,23,25,26);1H. The molecule has 6 nitrogen and oxygen atoms in total. The SMILES string of the molecule is CCCCNC(=O)c1ccc(CN=C(NCC)NCCN2CCCCC2)cc1.I. The molecule has 1 aliphatic rings. The van der Waals surface area contributed by atoms with Crippen LogP contribution in [-0.2, 0) is 6.54 Å². The van der Waals surface area contributed by atoms with Crippen molar-refractivity contribution in [3.63, 3.8) is 0 Å². The fourth-order valence-electron chi connectivity index (χ4n) is 3.27. The summed E-state index contributed by atoms with van der Waals surface area (Å²) >= 11 is 0. The number of halogens is 1. The van der Waals surface area contributed by atoms with Gasteiger partial charge in [0.25, 0.3) is 5.91 Å². The monoisotopic (exact) mass is 515 g/mol. The summed E-state index contributed by atoms with van der Waals surface area (Å²) in [5.41, 5.74) is 1.80. The zero-order valence-corrected chi connectivity index (χ0v) is 20.3. The number of hydrogen-bond donors (Lipinski definition) is 3. The van der Waals surface area contributed by atoms with Crippen LogP contribution < -0.4 is 16.0 Å². The minimum absolute atomic E-state index is 0. The molecule has 164 valence electrons. The summed E-state index contributed by atoms with van der Waals surface area (Å²) in [6.45, 7) is 10.8. The highest BCUT2D eigenvalue weighted by molar-refractivity contribution is 14.0. The number of guanidine groups is 1. The van der Waals surface area contributed by atoms with Gasteiger partial charge in [0, 0.05) is 31.7 Å². The van der Waals surface area contributed by atoms with E-state index in [1.165, 1.54) is 32.4 Å². The lowest BCUT2D eigenvalue weighted by atomic mass is 10.1. The van der Waals surface area contributed by atoms with Gasteiger partial charge in [0.05, 0.1) is 6.54 Å². The second kappa shape index (κ2) is 15.5. The van der Waals surface area contributed by atoms with Crippen LogP contribution in [0, 0.1) is 0 Å². The van der Waals surface area contributed by atoms with E-state index in [2.05, 4.69) is 39.7 Å². The zero-order valence-electron chi connectivity index (χ0n) is 18.0. The highest BCUT2D eigenvalue weighted by Gasteiger charge is 2.09. The molecule has 0 unspecified atom stereocenters. The first-order chi connectivity index (χ1) is 13.7. The van der Waals surface area contributed by atoms with Crippen LogP contribution in [-0.4, -0.2) is 56.0 Å². The molecule has 29 heavy (non-hydrogen) atoms. The number of carbonyl (C=O) groups excluding carboxylic acids is 1. The third-order valence-corrected chi connectivity index (χ3v) is 4.97. The van der Waals surface area contributed by atoms with Gasteiger partial charge in [0.1, 0.15) is 0 Å². The van der Waals surface area contributed by atoms with Crippen molar-refractivity contribution in [1.29, 1.82) is 0 Å². The van der Waals surface area contributed by atoms with Gasteiger partial charge in [-0.3, -0.25) is 4.79 Å². The number of carbonyl (C=O) groups is 1. The van der Waals surface area contributed by atoms with Gasteiger partial charge in [0.2, 0.25) is 0 Å². The average molecular weight is 515 g/mol. The Labute approximate surface area is 193 Å². The molecule has 1 fully saturated rings. The van der Waals surface area contributed by atoms with Crippen LogP contribution in [0.15, 0.2) is 29.3 Å². The molecule has 1 saturated heterocycles. The summed E-state index contributed by atoms with van der Waals surface area (Å²) in [7, 11) is 0. The third-order valence-electron chi connectivity index (χ3n) is 4.97. The molecule has 0 aliphatic carbocycles. The molecular formula is C22H38IN5O. The minimum Gasteiger partial charge on any atom is -0.357 e. The molecule has 0 aromatic heterocycles. The smallest absolute Gasteiger partial charge is 0.251 e. The predicted molar refractivity (Wildman–Crippen MR) is 132 cm³/mol.